The van der Waals surface area contributed by atoms with Crippen LogP contribution in [0.1, 0.15) is 38.5 Å². The highest BCUT2D eigenvalue weighted by atomic mass is 15.2. The van der Waals surface area contributed by atoms with Crippen LogP contribution in [0.4, 0.5) is 0 Å². The van der Waals surface area contributed by atoms with Gasteiger partial charge in [0, 0.05) is 19.6 Å². The van der Waals surface area contributed by atoms with Crippen molar-refractivity contribution in [2.75, 3.05) is 39.8 Å². The van der Waals surface area contributed by atoms with E-state index in [2.05, 4.69) is 16.8 Å². The summed E-state index contributed by atoms with van der Waals surface area (Å²) in [5.41, 5.74) is 0. The molecule has 2 heteroatoms. The average molecular weight is 210 g/mol. The first kappa shape index (κ1) is 11.4. The van der Waals surface area contributed by atoms with Gasteiger partial charge >= 0.3 is 0 Å². The van der Waals surface area contributed by atoms with Crippen molar-refractivity contribution in [2.45, 2.75) is 38.5 Å². The molecule has 1 aliphatic heterocycles. The normalized spacial score (nSPS) is 27.8. The van der Waals surface area contributed by atoms with Gasteiger partial charge in [-0.05, 0) is 45.3 Å². The van der Waals surface area contributed by atoms with Gasteiger partial charge in [0.05, 0.1) is 0 Å². The molecule has 0 aromatic heterocycles. The molecular formula is C13H26N2. The smallest absolute Gasteiger partial charge is 0.0109 e. The number of likely N-dealkylation sites (N-methyl/N-ethyl adjacent to an activating group) is 1. The molecule has 15 heavy (non-hydrogen) atoms. The van der Waals surface area contributed by atoms with Gasteiger partial charge in [-0.1, -0.05) is 19.3 Å². The summed E-state index contributed by atoms with van der Waals surface area (Å²) in [7, 11) is 2.25. The Bertz CT molecular complexity index is 175. The molecule has 0 unspecified atom stereocenters. The molecule has 0 amide bonds. The molecule has 2 fully saturated rings. The zero-order chi connectivity index (χ0) is 10.5. The molecule has 0 atom stereocenters. The lowest BCUT2D eigenvalue weighted by atomic mass is 9.89. The first-order valence-electron chi connectivity index (χ1n) is 6.75. The molecule has 0 N–H and O–H groups in total. The molecule has 2 aliphatic rings. The second-order valence-electron chi connectivity index (χ2n) is 5.46. The average Bonchev–Trinajstić information content (AvgIpc) is 2.46. The zero-order valence-corrected chi connectivity index (χ0v) is 10.2. The molecule has 2 nitrogen and oxygen atoms in total. The Morgan fingerprint density at radius 2 is 1.67 bits per heavy atom. The molecule has 1 saturated carbocycles. The van der Waals surface area contributed by atoms with Crippen molar-refractivity contribution >= 4 is 0 Å². The molecule has 2 rings (SSSR count). The van der Waals surface area contributed by atoms with Crippen molar-refractivity contribution in [3.05, 3.63) is 0 Å². The van der Waals surface area contributed by atoms with E-state index in [1.54, 1.807) is 0 Å². The highest BCUT2D eigenvalue weighted by Crippen LogP contribution is 2.24. The lowest BCUT2D eigenvalue weighted by Gasteiger charge is -2.28. The van der Waals surface area contributed by atoms with Gasteiger partial charge in [0.25, 0.3) is 0 Å². The quantitative estimate of drug-likeness (QED) is 0.689. The maximum Gasteiger partial charge on any atom is 0.0109 e. The van der Waals surface area contributed by atoms with Gasteiger partial charge in [-0.15, -0.1) is 0 Å². The Labute approximate surface area is 94.6 Å². The van der Waals surface area contributed by atoms with Crippen LogP contribution in [0.5, 0.6) is 0 Å². The maximum atomic E-state index is 2.71. The third kappa shape index (κ3) is 3.76. The summed E-state index contributed by atoms with van der Waals surface area (Å²) in [4.78, 5) is 5.18. The third-order valence-electron chi connectivity index (χ3n) is 4.05. The molecular weight excluding hydrogens is 184 g/mol. The summed E-state index contributed by atoms with van der Waals surface area (Å²) in [6.07, 6.45) is 8.80. The standard InChI is InChI=1S/C13H26N2/c1-14-8-5-9-15(11-10-14)12-13-6-3-2-4-7-13/h13H,2-12H2,1H3. The number of hydrogen-bond donors (Lipinski definition) is 0. The van der Waals surface area contributed by atoms with Crippen LogP contribution in [0.2, 0.25) is 0 Å². The molecule has 0 bridgehead atoms. The topological polar surface area (TPSA) is 6.48 Å². The van der Waals surface area contributed by atoms with E-state index in [-0.39, 0.29) is 0 Å². The molecule has 0 spiro atoms. The van der Waals surface area contributed by atoms with Crippen molar-refractivity contribution in [1.29, 1.82) is 0 Å². The molecule has 1 saturated heterocycles. The van der Waals surface area contributed by atoms with Crippen LogP contribution in [0.15, 0.2) is 0 Å². The minimum absolute atomic E-state index is 1.02. The van der Waals surface area contributed by atoms with Gasteiger partial charge in [-0.25, -0.2) is 0 Å². The van der Waals surface area contributed by atoms with Gasteiger partial charge in [0.2, 0.25) is 0 Å². The van der Waals surface area contributed by atoms with E-state index in [1.807, 2.05) is 0 Å². The second-order valence-corrected chi connectivity index (χ2v) is 5.46. The molecule has 1 aliphatic carbocycles. The SMILES string of the molecule is CN1CCCN(CC2CCCCC2)CC1. The van der Waals surface area contributed by atoms with Crippen LogP contribution < -0.4 is 0 Å². The first-order valence-corrected chi connectivity index (χ1v) is 6.75. The minimum Gasteiger partial charge on any atom is -0.305 e. The second kappa shape index (κ2) is 5.86. The van der Waals surface area contributed by atoms with Gasteiger partial charge in [0.15, 0.2) is 0 Å². The summed E-state index contributed by atoms with van der Waals surface area (Å²) < 4.78 is 0. The molecule has 1 heterocycles. The fourth-order valence-corrected chi connectivity index (χ4v) is 3.02. The van der Waals surface area contributed by atoms with Gasteiger partial charge in [0.1, 0.15) is 0 Å². The Balaban J connectivity index is 1.72. The van der Waals surface area contributed by atoms with Crippen LogP contribution in [0, 0.1) is 5.92 Å². The van der Waals surface area contributed by atoms with Gasteiger partial charge < -0.3 is 9.80 Å². The monoisotopic (exact) mass is 210 g/mol. The van der Waals surface area contributed by atoms with Crippen LogP contribution in [-0.4, -0.2) is 49.6 Å². The van der Waals surface area contributed by atoms with E-state index >= 15 is 0 Å². The Kier molecular flexibility index (Phi) is 4.45. The predicted octanol–water partition coefficient (Wildman–Crippen LogP) is 2.20. The van der Waals surface area contributed by atoms with Gasteiger partial charge in [-0.2, -0.15) is 0 Å². The predicted molar refractivity (Wildman–Crippen MR) is 65.1 cm³/mol. The minimum atomic E-state index is 1.02. The van der Waals surface area contributed by atoms with E-state index in [1.165, 1.54) is 71.2 Å². The lowest BCUT2D eigenvalue weighted by molar-refractivity contribution is 0.205. The molecule has 88 valence electrons. The number of hydrogen-bond acceptors (Lipinski definition) is 2. The molecule has 0 radical (unpaired) electrons. The molecule has 0 aromatic carbocycles. The van der Waals surface area contributed by atoms with Crippen molar-refractivity contribution in [1.82, 2.24) is 9.80 Å². The van der Waals surface area contributed by atoms with Crippen molar-refractivity contribution in [2.24, 2.45) is 5.92 Å². The summed E-state index contributed by atoms with van der Waals surface area (Å²) in [6.45, 7) is 6.58. The van der Waals surface area contributed by atoms with E-state index in [0.717, 1.165) is 5.92 Å². The maximum absolute atomic E-state index is 2.71. The van der Waals surface area contributed by atoms with Crippen molar-refractivity contribution in [3.8, 4) is 0 Å². The highest BCUT2D eigenvalue weighted by molar-refractivity contribution is 4.73. The summed E-state index contributed by atoms with van der Waals surface area (Å²) >= 11 is 0. The summed E-state index contributed by atoms with van der Waals surface area (Å²) in [5.74, 6) is 1.02. The number of rotatable bonds is 2. The van der Waals surface area contributed by atoms with E-state index < -0.39 is 0 Å². The van der Waals surface area contributed by atoms with Gasteiger partial charge in [-0.3, -0.25) is 0 Å². The first-order chi connectivity index (χ1) is 7.34. The van der Waals surface area contributed by atoms with E-state index in [9.17, 15) is 0 Å². The van der Waals surface area contributed by atoms with E-state index in [0.29, 0.717) is 0 Å². The van der Waals surface area contributed by atoms with Crippen LogP contribution in [0.25, 0.3) is 0 Å². The third-order valence-corrected chi connectivity index (χ3v) is 4.05. The summed E-state index contributed by atoms with van der Waals surface area (Å²) in [5, 5.41) is 0. The Morgan fingerprint density at radius 1 is 0.867 bits per heavy atom. The van der Waals surface area contributed by atoms with E-state index in [4.69, 9.17) is 0 Å². The Hall–Kier alpha value is -0.0800. The van der Waals surface area contributed by atoms with Crippen molar-refractivity contribution < 1.29 is 0 Å². The van der Waals surface area contributed by atoms with Crippen LogP contribution in [0.3, 0.4) is 0 Å². The zero-order valence-electron chi connectivity index (χ0n) is 10.2. The number of nitrogens with zero attached hydrogens (tertiary/aromatic N) is 2. The largest absolute Gasteiger partial charge is 0.305 e. The fourth-order valence-electron chi connectivity index (χ4n) is 3.02. The molecule has 0 aromatic rings. The lowest BCUT2D eigenvalue weighted by Crippen LogP contribution is -2.33. The fraction of sp³-hybridized carbons (Fsp3) is 1.00. The Morgan fingerprint density at radius 3 is 2.47 bits per heavy atom. The summed E-state index contributed by atoms with van der Waals surface area (Å²) in [6, 6.07) is 0. The van der Waals surface area contributed by atoms with Crippen LogP contribution in [-0.2, 0) is 0 Å². The van der Waals surface area contributed by atoms with Crippen LogP contribution >= 0.6 is 0 Å². The highest BCUT2D eigenvalue weighted by Gasteiger charge is 2.18. The van der Waals surface area contributed by atoms with Crippen molar-refractivity contribution in [3.63, 3.8) is 0 Å².